The Hall–Kier alpha value is -2.90. The van der Waals surface area contributed by atoms with Crippen LogP contribution in [0.1, 0.15) is 37.3 Å². The summed E-state index contributed by atoms with van der Waals surface area (Å²) >= 11 is 0. The van der Waals surface area contributed by atoms with Crippen LogP contribution in [-0.2, 0) is 32.0 Å². The number of amides is 1. The molecule has 2 aromatic rings. The SMILES string of the molecule is CCOC(=O)[C@H](CCc1ccccc1)N(CC(=O)O)N1C(=O)CCCc2ccccc21.Cl. The molecule has 0 saturated heterocycles. The first-order valence-electron chi connectivity index (χ1n) is 10.6. The Balaban J connectivity index is 0.00000363. The molecule has 0 aliphatic carbocycles. The Morgan fingerprint density at radius 1 is 1.09 bits per heavy atom. The van der Waals surface area contributed by atoms with E-state index in [1.165, 1.54) is 10.0 Å². The minimum atomic E-state index is -1.12. The van der Waals surface area contributed by atoms with Gasteiger partial charge in [-0.05, 0) is 49.8 Å². The van der Waals surface area contributed by atoms with Gasteiger partial charge in [0.15, 0.2) is 0 Å². The molecule has 1 atom stereocenters. The van der Waals surface area contributed by atoms with Crippen LogP contribution >= 0.6 is 12.4 Å². The molecular weight excluding hydrogens is 432 g/mol. The zero-order valence-corrected chi connectivity index (χ0v) is 18.9. The van der Waals surface area contributed by atoms with Gasteiger partial charge in [-0.3, -0.25) is 14.4 Å². The van der Waals surface area contributed by atoms with E-state index in [-0.39, 0.29) is 31.3 Å². The molecule has 0 spiro atoms. The van der Waals surface area contributed by atoms with E-state index in [1.54, 1.807) is 13.0 Å². The number of ether oxygens (including phenoxy) is 1. The lowest BCUT2D eigenvalue weighted by atomic mass is 10.0. The lowest BCUT2D eigenvalue weighted by Gasteiger charge is -2.38. The number of hydrazine groups is 1. The van der Waals surface area contributed by atoms with E-state index >= 15 is 0 Å². The fourth-order valence-electron chi connectivity index (χ4n) is 3.91. The second-order valence-corrected chi connectivity index (χ2v) is 7.47. The molecule has 2 aromatic carbocycles. The van der Waals surface area contributed by atoms with Crippen molar-refractivity contribution in [1.82, 2.24) is 5.01 Å². The summed E-state index contributed by atoms with van der Waals surface area (Å²) in [5.41, 5.74) is 2.60. The van der Waals surface area contributed by atoms with Crippen LogP contribution < -0.4 is 5.01 Å². The number of fused-ring (bicyclic) bond motifs is 1. The fourth-order valence-corrected chi connectivity index (χ4v) is 3.91. The first-order valence-corrected chi connectivity index (χ1v) is 10.6. The smallest absolute Gasteiger partial charge is 0.325 e. The molecule has 1 N–H and O–H groups in total. The number of nitrogens with zero attached hydrogens (tertiary/aromatic N) is 2. The monoisotopic (exact) mass is 460 g/mol. The number of benzene rings is 2. The summed E-state index contributed by atoms with van der Waals surface area (Å²) in [6, 6.07) is 16.2. The molecule has 0 unspecified atom stereocenters. The molecule has 0 fully saturated rings. The summed E-state index contributed by atoms with van der Waals surface area (Å²) in [6.45, 7) is 1.39. The summed E-state index contributed by atoms with van der Waals surface area (Å²) in [5.74, 6) is -1.88. The molecule has 7 nitrogen and oxygen atoms in total. The average molecular weight is 461 g/mol. The van der Waals surface area contributed by atoms with E-state index in [2.05, 4.69) is 0 Å². The van der Waals surface area contributed by atoms with Crippen molar-refractivity contribution in [2.24, 2.45) is 0 Å². The third-order valence-electron chi connectivity index (χ3n) is 5.31. The quantitative estimate of drug-likeness (QED) is 0.575. The van der Waals surface area contributed by atoms with Gasteiger partial charge in [0.2, 0.25) is 5.91 Å². The third kappa shape index (κ3) is 6.31. The molecule has 8 heteroatoms. The number of halogens is 1. The van der Waals surface area contributed by atoms with Crippen LogP contribution in [0, 0.1) is 0 Å². The molecule has 32 heavy (non-hydrogen) atoms. The highest BCUT2D eigenvalue weighted by Gasteiger charge is 2.37. The molecule has 0 saturated carbocycles. The number of rotatable bonds is 9. The number of para-hydroxylation sites is 1. The van der Waals surface area contributed by atoms with Gasteiger partial charge in [0, 0.05) is 6.42 Å². The molecule has 0 radical (unpaired) electrons. The van der Waals surface area contributed by atoms with Gasteiger partial charge in [-0.15, -0.1) is 12.4 Å². The zero-order valence-electron chi connectivity index (χ0n) is 18.1. The molecule has 1 aliphatic heterocycles. The van der Waals surface area contributed by atoms with Crippen LogP contribution in [0.5, 0.6) is 0 Å². The molecular formula is C24H29ClN2O5. The Kier molecular flexibility index (Phi) is 9.68. The first-order chi connectivity index (χ1) is 15.0. The second kappa shape index (κ2) is 12.2. The predicted octanol–water partition coefficient (Wildman–Crippen LogP) is 3.64. The van der Waals surface area contributed by atoms with E-state index in [4.69, 9.17) is 4.74 Å². The van der Waals surface area contributed by atoms with Crippen molar-refractivity contribution in [2.75, 3.05) is 18.2 Å². The highest BCUT2D eigenvalue weighted by molar-refractivity contribution is 5.95. The van der Waals surface area contributed by atoms with Crippen LogP contribution in [0.2, 0.25) is 0 Å². The minimum Gasteiger partial charge on any atom is -0.480 e. The van der Waals surface area contributed by atoms with Crippen molar-refractivity contribution in [3.05, 3.63) is 65.7 Å². The number of carbonyl (C=O) groups excluding carboxylic acids is 2. The van der Waals surface area contributed by atoms with Crippen molar-refractivity contribution < 1.29 is 24.2 Å². The van der Waals surface area contributed by atoms with Gasteiger partial charge in [-0.1, -0.05) is 48.5 Å². The fraction of sp³-hybridized carbons (Fsp3) is 0.375. The second-order valence-electron chi connectivity index (χ2n) is 7.47. The Morgan fingerprint density at radius 3 is 2.47 bits per heavy atom. The number of anilines is 1. The molecule has 172 valence electrons. The standard InChI is InChI=1S/C24H28N2O5.ClH/c1-2-31-24(30)21(16-15-18-9-4-3-5-10-18)25(17-23(28)29)26-20-13-7-6-11-19(20)12-8-14-22(26)27;/h3-7,9-11,13,21H,2,8,12,14-17H2,1H3,(H,28,29);1H/t21-;/m0./s1. The van der Waals surface area contributed by atoms with Crippen molar-refractivity contribution in [2.45, 2.75) is 45.1 Å². The number of aryl methyl sites for hydroxylation is 2. The highest BCUT2D eigenvalue weighted by Crippen LogP contribution is 2.30. The van der Waals surface area contributed by atoms with Crippen LogP contribution in [0.4, 0.5) is 5.69 Å². The van der Waals surface area contributed by atoms with Crippen molar-refractivity contribution in [3.63, 3.8) is 0 Å². The van der Waals surface area contributed by atoms with Crippen molar-refractivity contribution >= 4 is 35.9 Å². The average Bonchev–Trinajstić information content (AvgIpc) is 2.92. The molecule has 0 bridgehead atoms. The topological polar surface area (TPSA) is 87.2 Å². The number of esters is 1. The number of carboxylic acids is 1. The van der Waals surface area contributed by atoms with Crippen LogP contribution in [0.3, 0.4) is 0 Å². The van der Waals surface area contributed by atoms with Gasteiger partial charge >= 0.3 is 11.9 Å². The first kappa shape index (κ1) is 25.4. The van der Waals surface area contributed by atoms with E-state index in [1.807, 2.05) is 48.5 Å². The number of hydrogen-bond donors (Lipinski definition) is 1. The summed E-state index contributed by atoms with van der Waals surface area (Å²) in [5, 5.41) is 12.4. The minimum absolute atomic E-state index is 0. The number of aliphatic carboxylic acids is 1. The van der Waals surface area contributed by atoms with Crippen LogP contribution in [-0.4, -0.2) is 47.2 Å². The normalized spacial score (nSPS) is 14.2. The Bertz CT molecular complexity index is 922. The predicted molar refractivity (Wildman–Crippen MR) is 124 cm³/mol. The summed E-state index contributed by atoms with van der Waals surface area (Å²) < 4.78 is 5.29. The highest BCUT2D eigenvalue weighted by atomic mass is 35.5. The van der Waals surface area contributed by atoms with Crippen molar-refractivity contribution in [1.29, 1.82) is 0 Å². The molecule has 1 amide bonds. The summed E-state index contributed by atoms with van der Waals surface area (Å²) in [6.07, 6.45) is 2.53. The maximum atomic E-state index is 13.1. The van der Waals surface area contributed by atoms with E-state index in [0.29, 0.717) is 31.4 Å². The zero-order chi connectivity index (χ0) is 22.2. The third-order valence-corrected chi connectivity index (χ3v) is 5.31. The number of carbonyl (C=O) groups is 3. The maximum absolute atomic E-state index is 13.1. The Labute approximate surface area is 194 Å². The lowest BCUT2D eigenvalue weighted by molar-refractivity contribution is -0.152. The Morgan fingerprint density at radius 2 is 1.78 bits per heavy atom. The molecule has 1 aliphatic rings. The van der Waals surface area contributed by atoms with Crippen LogP contribution in [0.15, 0.2) is 54.6 Å². The van der Waals surface area contributed by atoms with E-state index in [9.17, 15) is 19.5 Å². The van der Waals surface area contributed by atoms with Crippen LogP contribution in [0.25, 0.3) is 0 Å². The molecule has 1 heterocycles. The summed E-state index contributed by atoms with van der Waals surface area (Å²) in [4.78, 5) is 37.8. The number of carboxylic acid groups (broad SMARTS) is 1. The maximum Gasteiger partial charge on any atom is 0.325 e. The van der Waals surface area contributed by atoms with Gasteiger partial charge in [0.1, 0.15) is 12.6 Å². The molecule has 0 aromatic heterocycles. The van der Waals surface area contributed by atoms with Gasteiger partial charge in [-0.2, -0.15) is 5.01 Å². The van der Waals surface area contributed by atoms with Gasteiger partial charge in [0.05, 0.1) is 12.3 Å². The largest absolute Gasteiger partial charge is 0.480 e. The molecule has 3 rings (SSSR count). The number of hydrogen-bond acceptors (Lipinski definition) is 5. The van der Waals surface area contributed by atoms with E-state index < -0.39 is 24.5 Å². The van der Waals surface area contributed by atoms with Gasteiger partial charge < -0.3 is 9.84 Å². The van der Waals surface area contributed by atoms with Gasteiger partial charge in [-0.25, -0.2) is 5.01 Å². The van der Waals surface area contributed by atoms with E-state index in [0.717, 1.165) is 11.1 Å². The summed E-state index contributed by atoms with van der Waals surface area (Å²) in [7, 11) is 0. The van der Waals surface area contributed by atoms with Gasteiger partial charge in [0.25, 0.3) is 0 Å². The lowest BCUT2D eigenvalue weighted by Crippen LogP contribution is -2.57. The van der Waals surface area contributed by atoms with Crippen molar-refractivity contribution in [3.8, 4) is 0 Å².